The molecule has 9 heteroatoms. The van der Waals surface area contributed by atoms with Crippen LogP contribution in [0.25, 0.3) is 0 Å². The van der Waals surface area contributed by atoms with Crippen LogP contribution in [0.2, 0.25) is 0 Å². The third-order valence-corrected chi connectivity index (χ3v) is 7.40. The predicted molar refractivity (Wildman–Crippen MR) is 115 cm³/mol. The van der Waals surface area contributed by atoms with Gasteiger partial charge in [0.15, 0.2) is 6.10 Å². The molecule has 2 fully saturated rings. The van der Waals surface area contributed by atoms with Crippen molar-refractivity contribution < 1.29 is 27.8 Å². The Labute approximate surface area is 184 Å². The highest BCUT2D eigenvalue weighted by molar-refractivity contribution is 7.88. The van der Waals surface area contributed by atoms with E-state index in [1.54, 1.807) is 4.90 Å². The lowest BCUT2D eigenvalue weighted by Crippen LogP contribution is -2.61. The quantitative estimate of drug-likeness (QED) is 0.718. The van der Waals surface area contributed by atoms with Gasteiger partial charge >= 0.3 is 0 Å². The molecule has 1 saturated heterocycles. The lowest BCUT2D eigenvalue weighted by molar-refractivity contribution is -0.147. The highest BCUT2D eigenvalue weighted by atomic mass is 32.2. The van der Waals surface area contributed by atoms with Gasteiger partial charge in [0.25, 0.3) is 5.91 Å². The van der Waals surface area contributed by atoms with Crippen molar-refractivity contribution in [2.75, 3.05) is 26.0 Å². The van der Waals surface area contributed by atoms with Gasteiger partial charge in [0.2, 0.25) is 10.0 Å². The van der Waals surface area contributed by atoms with Gasteiger partial charge in [-0.25, -0.2) is 13.1 Å². The Bertz CT molecular complexity index is 884. The van der Waals surface area contributed by atoms with E-state index in [0.717, 1.165) is 37.5 Å². The van der Waals surface area contributed by atoms with E-state index < -0.39 is 34.8 Å². The van der Waals surface area contributed by atoms with Crippen molar-refractivity contribution >= 4 is 15.9 Å². The number of hydrogen-bond donors (Lipinski definition) is 2. The summed E-state index contributed by atoms with van der Waals surface area (Å²) in [6, 6.07) is 6.87. The fourth-order valence-electron chi connectivity index (χ4n) is 5.15. The number of sulfonamides is 1. The number of ether oxygens (including phenoxy) is 2. The highest BCUT2D eigenvalue weighted by Gasteiger charge is 2.40. The normalized spacial score (nSPS) is 32.1. The summed E-state index contributed by atoms with van der Waals surface area (Å²) in [4.78, 5) is 15.1. The molecule has 3 atom stereocenters. The number of rotatable bonds is 3. The molecule has 2 N–H and O–H groups in total. The lowest BCUT2D eigenvalue weighted by Gasteiger charge is -2.42. The molecule has 3 heterocycles. The van der Waals surface area contributed by atoms with Crippen LogP contribution in [0, 0.1) is 0 Å². The van der Waals surface area contributed by atoms with Crippen molar-refractivity contribution in [2.45, 2.75) is 68.7 Å². The number of hydrogen-bond acceptors (Lipinski definition) is 6. The van der Waals surface area contributed by atoms with Crippen LogP contribution in [0.5, 0.6) is 5.75 Å². The minimum atomic E-state index is -3.44. The largest absolute Gasteiger partial charge is 0.478 e. The standard InChI is InChI=1S/C22H32N2O6S/c1-31(27,28)23-18-6-4-12-24-19(18)14-29-16-10-8-15(9-11-16)17-5-2-3-7-20(17)30-21(13-25)22(24)26/h2-3,5,7,15-16,18-19,21,23,25H,4,6,8-14H2,1H3/t15?,16?,18-,19-,21+/m0/s1. The molecule has 2 bridgehead atoms. The van der Waals surface area contributed by atoms with Gasteiger partial charge in [-0.3, -0.25) is 4.79 Å². The molecule has 0 aromatic heterocycles. The fraction of sp³-hybridized carbons (Fsp3) is 0.682. The van der Waals surface area contributed by atoms with E-state index in [4.69, 9.17) is 9.47 Å². The molecular formula is C22H32N2O6S. The number of piperidine rings is 1. The van der Waals surface area contributed by atoms with E-state index in [1.807, 2.05) is 24.3 Å². The summed E-state index contributed by atoms with van der Waals surface area (Å²) in [6.45, 7) is 0.289. The Kier molecular flexibility index (Phi) is 6.86. The zero-order valence-corrected chi connectivity index (χ0v) is 18.7. The highest BCUT2D eigenvalue weighted by Crippen LogP contribution is 2.39. The molecule has 8 nitrogen and oxygen atoms in total. The van der Waals surface area contributed by atoms with Gasteiger partial charge < -0.3 is 19.5 Å². The number of fused-ring (bicyclic) bond motifs is 5. The molecule has 0 unspecified atom stereocenters. The van der Waals surface area contributed by atoms with Crippen LogP contribution in [0.4, 0.5) is 0 Å². The SMILES string of the molecule is CS(=O)(=O)N[C@H]1CCCN2C(=O)[C@@H](CO)Oc3ccccc3C3CCC(CC3)OC[C@@H]12. The maximum Gasteiger partial charge on any atom is 0.266 e. The first-order valence-electron chi connectivity index (χ1n) is 11.1. The van der Waals surface area contributed by atoms with Gasteiger partial charge in [-0.15, -0.1) is 0 Å². The number of nitrogens with one attached hydrogen (secondary N) is 1. The van der Waals surface area contributed by atoms with Crippen molar-refractivity contribution in [3.05, 3.63) is 29.8 Å². The Morgan fingerprint density at radius 3 is 2.61 bits per heavy atom. The smallest absolute Gasteiger partial charge is 0.266 e. The van der Waals surface area contributed by atoms with E-state index in [1.165, 1.54) is 0 Å². The first-order valence-corrected chi connectivity index (χ1v) is 13.0. The number of aliphatic hydroxyl groups is 1. The van der Waals surface area contributed by atoms with Crippen LogP contribution < -0.4 is 9.46 Å². The zero-order chi connectivity index (χ0) is 22.0. The van der Waals surface area contributed by atoms with Gasteiger partial charge in [0, 0.05) is 12.6 Å². The van der Waals surface area contributed by atoms with Gasteiger partial charge in [0.05, 0.1) is 31.6 Å². The van der Waals surface area contributed by atoms with Crippen molar-refractivity contribution in [1.82, 2.24) is 9.62 Å². The molecule has 31 heavy (non-hydrogen) atoms. The molecule has 0 spiro atoms. The molecule has 4 aliphatic rings. The first kappa shape index (κ1) is 22.5. The van der Waals surface area contributed by atoms with Gasteiger partial charge in [-0.1, -0.05) is 18.2 Å². The Morgan fingerprint density at radius 2 is 1.90 bits per heavy atom. The van der Waals surface area contributed by atoms with Crippen LogP contribution in [0.3, 0.4) is 0 Å². The van der Waals surface area contributed by atoms with Crippen LogP contribution in [0.15, 0.2) is 24.3 Å². The van der Waals surface area contributed by atoms with E-state index in [2.05, 4.69) is 4.72 Å². The zero-order valence-electron chi connectivity index (χ0n) is 17.9. The summed E-state index contributed by atoms with van der Waals surface area (Å²) in [5.74, 6) is 0.629. The average molecular weight is 453 g/mol. The molecule has 5 rings (SSSR count). The number of carbonyl (C=O) groups is 1. The summed E-state index contributed by atoms with van der Waals surface area (Å²) in [5, 5.41) is 10.0. The molecule has 1 amide bonds. The van der Waals surface area contributed by atoms with E-state index in [9.17, 15) is 18.3 Å². The van der Waals surface area contributed by atoms with Crippen LogP contribution in [-0.2, 0) is 19.6 Å². The van der Waals surface area contributed by atoms with Crippen LogP contribution in [-0.4, -0.2) is 74.6 Å². The second kappa shape index (κ2) is 9.44. The molecular weight excluding hydrogens is 420 g/mol. The summed E-state index contributed by atoms with van der Waals surface area (Å²) in [5.41, 5.74) is 1.07. The fourth-order valence-corrected chi connectivity index (χ4v) is 5.98. The summed E-state index contributed by atoms with van der Waals surface area (Å²) < 4.78 is 38.9. The number of amides is 1. The van der Waals surface area contributed by atoms with Crippen molar-refractivity contribution in [3.63, 3.8) is 0 Å². The van der Waals surface area contributed by atoms with Gasteiger partial charge in [-0.2, -0.15) is 0 Å². The molecule has 0 radical (unpaired) electrons. The Morgan fingerprint density at radius 1 is 1.16 bits per heavy atom. The number of para-hydroxylation sites is 1. The van der Waals surface area contributed by atoms with Gasteiger partial charge in [-0.05, 0) is 56.1 Å². The molecule has 1 saturated carbocycles. The maximum absolute atomic E-state index is 13.4. The molecule has 1 aromatic rings. The second-order valence-corrected chi connectivity index (χ2v) is 10.7. The summed E-state index contributed by atoms with van der Waals surface area (Å²) in [7, 11) is -3.44. The molecule has 172 valence electrons. The van der Waals surface area contributed by atoms with Crippen molar-refractivity contribution in [1.29, 1.82) is 0 Å². The predicted octanol–water partition coefficient (Wildman–Crippen LogP) is 1.39. The van der Waals surface area contributed by atoms with Crippen LogP contribution >= 0.6 is 0 Å². The number of benzene rings is 1. The summed E-state index contributed by atoms with van der Waals surface area (Å²) in [6.07, 6.45) is 5.22. The van der Waals surface area contributed by atoms with Crippen LogP contribution in [0.1, 0.15) is 50.0 Å². The second-order valence-electron chi connectivity index (χ2n) is 8.87. The minimum absolute atomic E-state index is 0.0940. The Balaban J connectivity index is 1.68. The third-order valence-electron chi connectivity index (χ3n) is 6.67. The monoisotopic (exact) mass is 452 g/mol. The van der Waals surface area contributed by atoms with Gasteiger partial charge in [0.1, 0.15) is 5.75 Å². The van der Waals surface area contributed by atoms with Crippen molar-refractivity contribution in [3.8, 4) is 5.75 Å². The Hall–Kier alpha value is -1.68. The van der Waals surface area contributed by atoms with E-state index >= 15 is 0 Å². The van der Waals surface area contributed by atoms with Crippen molar-refractivity contribution in [2.24, 2.45) is 0 Å². The molecule has 3 aliphatic heterocycles. The first-order chi connectivity index (χ1) is 14.9. The summed E-state index contributed by atoms with van der Waals surface area (Å²) >= 11 is 0. The maximum atomic E-state index is 13.4. The average Bonchev–Trinajstić information content (AvgIpc) is 2.76. The number of aliphatic hydroxyl groups excluding tert-OH is 1. The number of nitrogens with zero attached hydrogens (tertiary/aromatic N) is 1. The number of carbonyl (C=O) groups excluding carboxylic acids is 1. The third kappa shape index (κ3) is 5.22. The van der Waals surface area contributed by atoms with E-state index in [0.29, 0.717) is 31.1 Å². The molecule has 1 aromatic carbocycles. The minimum Gasteiger partial charge on any atom is -0.478 e. The topological polar surface area (TPSA) is 105 Å². The van der Waals surface area contributed by atoms with E-state index in [-0.39, 0.29) is 18.6 Å². The molecule has 1 aliphatic carbocycles. The lowest BCUT2D eigenvalue weighted by atomic mass is 9.82.